The van der Waals surface area contributed by atoms with Gasteiger partial charge in [0, 0.05) is 24.0 Å². The molecule has 1 aliphatic heterocycles. The van der Waals surface area contributed by atoms with Crippen LogP contribution in [0.15, 0.2) is 82.2 Å². The van der Waals surface area contributed by atoms with E-state index in [9.17, 15) is 4.79 Å². The zero-order valence-corrected chi connectivity index (χ0v) is 17.3. The summed E-state index contributed by atoms with van der Waals surface area (Å²) >= 11 is 0. The number of aromatic nitrogens is 4. The molecule has 6 rings (SSSR count). The van der Waals surface area contributed by atoms with Gasteiger partial charge in [-0.3, -0.25) is 4.79 Å². The molecule has 0 atom stereocenters. The Morgan fingerprint density at radius 3 is 2.62 bits per heavy atom. The fourth-order valence-electron chi connectivity index (χ4n) is 4.13. The summed E-state index contributed by atoms with van der Waals surface area (Å²) in [5.41, 5.74) is 4.29. The number of hydrogen-bond donors (Lipinski definition) is 0. The maximum Gasteiger partial charge on any atom is 0.276 e. The third-order valence-corrected chi connectivity index (χ3v) is 5.70. The van der Waals surface area contributed by atoms with Crippen LogP contribution in [-0.4, -0.2) is 30.3 Å². The van der Waals surface area contributed by atoms with Crippen LogP contribution in [0.3, 0.4) is 0 Å². The van der Waals surface area contributed by atoms with E-state index in [1.54, 1.807) is 29.4 Å². The van der Waals surface area contributed by atoms with Gasteiger partial charge in [0.25, 0.3) is 5.91 Å². The normalized spacial score (nSPS) is 13.0. The van der Waals surface area contributed by atoms with Gasteiger partial charge in [-0.05, 0) is 42.8 Å². The molecule has 4 aromatic heterocycles. The number of hydrogen-bond acceptors (Lipinski definition) is 5. The summed E-state index contributed by atoms with van der Waals surface area (Å²) in [5.74, 6) is 1.69. The van der Waals surface area contributed by atoms with Crippen molar-refractivity contribution < 1.29 is 13.7 Å². The molecule has 158 valence electrons. The molecule has 0 saturated heterocycles. The molecule has 32 heavy (non-hydrogen) atoms. The molecular formula is C24H19N5O3. The van der Waals surface area contributed by atoms with Crippen LogP contribution in [0, 0.1) is 6.92 Å². The largest absolute Gasteiger partial charge is 0.461 e. The van der Waals surface area contributed by atoms with Gasteiger partial charge < -0.3 is 18.4 Å². The van der Waals surface area contributed by atoms with E-state index in [4.69, 9.17) is 14.0 Å². The zero-order valence-electron chi connectivity index (χ0n) is 17.3. The third kappa shape index (κ3) is 2.88. The van der Waals surface area contributed by atoms with E-state index in [2.05, 4.69) is 24.2 Å². The Morgan fingerprint density at radius 2 is 1.84 bits per heavy atom. The fourth-order valence-corrected chi connectivity index (χ4v) is 4.13. The Labute approximate surface area is 183 Å². The van der Waals surface area contributed by atoms with Crippen LogP contribution < -0.4 is 0 Å². The Bertz CT molecular complexity index is 1410. The molecule has 0 saturated carbocycles. The van der Waals surface area contributed by atoms with E-state index in [1.165, 1.54) is 0 Å². The van der Waals surface area contributed by atoms with E-state index < -0.39 is 0 Å². The number of furan rings is 1. The van der Waals surface area contributed by atoms with E-state index in [-0.39, 0.29) is 11.6 Å². The lowest BCUT2D eigenvalue weighted by molar-refractivity contribution is 0.0738. The van der Waals surface area contributed by atoms with Crippen LogP contribution in [0.25, 0.3) is 23.0 Å². The minimum absolute atomic E-state index is 0.203. The van der Waals surface area contributed by atoms with Crippen LogP contribution >= 0.6 is 0 Å². The highest BCUT2D eigenvalue weighted by molar-refractivity contribution is 5.93. The topological polar surface area (TPSA) is 82.2 Å². The van der Waals surface area contributed by atoms with Gasteiger partial charge in [-0.25, -0.2) is 4.68 Å². The average molecular weight is 425 g/mol. The van der Waals surface area contributed by atoms with Crippen molar-refractivity contribution in [3.05, 3.63) is 95.8 Å². The van der Waals surface area contributed by atoms with Gasteiger partial charge in [-0.2, -0.15) is 5.10 Å². The van der Waals surface area contributed by atoms with Crippen molar-refractivity contribution in [1.29, 1.82) is 0 Å². The predicted molar refractivity (Wildman–Crippen MR) is 115 cm³/mol. The van der Waals surface area contributed by atoms with Gasteiger partial charge in [0.2, 0.25) is 5.76 Å². The van der Waals surface area contributed by atoms with Crippen molar-refractivity contribution in [3.8, 4) is 23.0 Å². The van der Waals surface area contributed by atoms with Crippen molar-refractivity contribution in [2.45, 2.75) is 20.0 Å². The summed E-state index contributed by atoms with van der Waals surface area (Å²) in [6.45, 7) is 2.92. The lowest BCUT2D eigenvalue weighted by atomic mass is 10.2. The van der Waals surface area contributed by atoms with Crippen LogP contribution in [-0.2, 0) is 13.1 Å². The lowest BCUT2D eigenvalue weighted by Gasteiger charge is -2.17. The first kappa shape index (κ1) is 18.4. The molecular weight excluding hydrogens is 406 g/mol. The Kier molecular flexibility index (Phi) is 4.10. The third-order valence-electron chi connectivity index (χ3n) is 5.70. The number of para-hydroxylation sites is 1. The molecule has 8 heteroatoms. The standard InChI is InChI=1S/C24H19N5O3/c1-16-7-2-3-8-20(16)29-23(27-10-4-5-11-27)17-14-28(15-19(17)25-29)24(30)18-13-22(32-26-18)21-9-6-12-31-21/h2-13H,14-15H2,1H3. The van der Waals surface area contributed by atoms with Crippen LogP contribution in [0.2, 0.25) is 0 Å². The van der Waals surface area contributed by atoms with Crippen molar-refractivity contribution in [2.75, 3.05) is 0 Å². The van der Waals surface area contributed by atoms with Crippen LogP contribution in [0.4, 0.5) is 0 Å². The summed E-state index contributed by atoms with van der Waals surface area (Å²) in [4.78, 5) is 14.9. The smallest absolute Gasteiger partial charge is 0.276 e. The molecule has 0 radical (unpaired) electrons. The highest BCUT2D eigenvalue weighted by Crippen LogP contribution is 2.32. The first-order valence-electron chi connectivity index (χ1n) is 10.3. The minimum Gasteiger partial charge on any atom is -0.461 e. The van der Waals surface area contributed by atoms with Crippen LogP contribution in [0.1, 0.15) is 27.3 Å². The number of rotatable bonds is 4. The summed E-state index contributed by atoms with van der Waals surface area (Å²) in [5, 5.41) is 8.85. The van der Waals surface area contributed by atoms with E-state index in [0.717, 1.165) is 28.3 Å². The SMILES string of the molecule is Cc1ccccc1-n1nc2c(c1-n1cccc1)CN(C(=O)c1cc(-c3ccco3)on1)C2. The van der Waals surface area contributed by atoms with Crippen molar-refractivity contribution in [1.82, 2.24) is 24.4 Å². The maximum absolute atomic E-state index is 13.1. The summed E-state index contributed by atoms with van der Waals surface area (Å²) < 4.78 is 14.6. The van der Waals surface area contributed by atoms with Gasteiger partial charge >= 0.3 is 0 Å². The molecule has 0 unspecified atom stereocenters. The highest BCUT2D eigenvalue weighted by atomic mass is 16.5. The van der Waals surface area contributed by atoms with Gasteiger partial charge in [0.05, 0.1) is 30.7 Å². The second-order valence-corrected chi connectivity index (χ2v) is 7.75. The number of amides is 1. The summed E-state index contributed by atoms with van der Waals surface area (Å²) in [6.07, 6.45) is 5.53. The number of carbonyl (C=O) groups excluding carboxylic acids is 1. The molecule has 0 aliphatic carbocycles. The van der Waals surface area contributed by atoms with Gasteiger partial charge in [0.15, 0.2) is 11.5 Å². The van der Waals surface area contributed by atoms with E-state index in [1.807, 2.05) is 45.9 Å². The molecule has 1 aliphatic rings. The summed E-state index contributed by atoms with van der Waals surface area (Å²) in [7, 11) is 0. The number of nitrogens with zero attached hydrogens (tertiary/aromatic N) is 5. The quantitative estimate of drug-likeness (QED) is 0.427. The molecule has 1 aromatic carbocycles. The highest BCUT2D eigenvalue weighted by Gasteiger charge is 2.33. The number of benzene rings is 1. The molecule has 0 bridgehead atoms. The number of fused-ring (bicyclic) bond motifs is 1. The number of aryl methyl sites for hydroxylation is 1. The Hall–Kier alpha value is -4.33. The lowest BCUT2D eigenvalue weighted by Crippen LogP contribution is -2.26. The molecule has 5 heterocycles. The summed E-state index contributed by atoms with van der Waals surface area (Å²) in [6, 6.07) is 17.2. The number of carbonyl (C=O) groups is 1. The van der Waals surface area contributed by atoms with Gasteiger partial charge in [-0.1, -0.05) is 23.4 Å². The maximum atomic E-state index is 13.1. The first-order chi connectivity index (χ1) is 15.7. The first-order valence-corrected chi connectivity index (χ1v) is 10.3. The Morgan fingerprint density at radius 1 is 1.00 bits per heavy atom. The zero-order chi connectivity index (χ0) is 21.7. The van der Waals surface area contributed by atoms with Gasteiger partial charge in [-0.15, -0.1) is 0 Å². The van der Waals surface area contributed by atoms with Crippen molar-refractivity contribution >= 4 is 5.91 Å². The molecule has 0 fully saturated rings. The Balaban J connectivity index is 1.35. The molecule has 8 nitrogen and oxygen atoms in total. The van der Waals surface area contributed by atoms with Crippen LogP contribution in [0.5, 0.6) is 0 Å². The second kappa shape index (κ2) is 7.12. The van der Waals surface area contributed by atoms with E-state index in [0.29, 0.717) is 24.6 Å². The minimum atomic E-state index is -0.203. The molecule has 0 spiro atoms. The average Bonchev–Trinajstić information content (AvgIpc) is 3.61. The molecule has 0 N–H and O–H groups in total. The molecule has 1 amide bonds. The van der Waals surface area contributed by atoms with Crippen molar-refractivity contribution in [2.24, 2.45) is 0 Å². The monoisotopic (exact) mass is 425 g/mol. The molecule has 5 aromatic rings. The van der Waals surface area contributed by atoms with Gasteiger partial charge in [0.1, 0.15) is 5.82 Å². The fraction of sp³-hybridized carbons (Fsp3) is 0.125. The second-order valence-electron chi connectivity index (χ2n) is 7.75. The van der Waals surface area contributed by atoms with E-state index >= 15 is 0 Å². The predicted octanol–water partition coefficient (Wildman–Crippen LogP) is 4.38. The van der Waals surface area contributed by atoms with Crippen molar-refractivity contribution in [3.63, 3.8) is 0 Å².